The molecular weight excluding hydrogens is 280 g/mol. The highest BCUT2D eigenvalue weighted by atomic mass is 16.5. The van der Waals surface area contributed by atoms with Crippen molar-refractivity contribution in [2.24, 2.45) is 0 Å². The molecule has 1 aromatic carbocycles. The van der Waals surface area contributed by atoms with Crippen LogP contribution in [0, 0.1) is 13.8 Å². The number of carbonyl (C=O) groups is 1. The molecule has 1 amide bonds. The molecule has 118 valence electrons. The van der Waals surface area contributed by atoms with Crippen LogP contribution in [0.25, 0.3) is 0 Å². The van der Waals surface area contributed by atoms with Crippen LogP contribution in [-0.2, 0) is 10.4 Å². The monoisotopic (exact) mass is 302 g/mol. The third kappa shape index (κ3) is 3.54. The van der Waals surface area contributed by atoms with Gasteiger partial charge in [0.05, 0.1) is 23.8 Å². The van der Waals surface area contributed by atoms with Crippen LogP contribution in [-0.4, -0.2) is 16.2 Å². The van der Waals surface area contributed by atoms with Gasteiger partial charge in [0.2, 0.25) is 5.91 Å². The fraction of sp³-hybridized carbons (Fsp3) is 0.412. The Kier molecular flexibility index (Phi) is 4.66. The molecule has 0 saturated heterocycles. The lowest BCUT2D eigenvalue weighted by atomic mass is 9.92. The molecule has 0 aliphatic heterocycles. The van der Waals surface area contributed by atoms with Crippen LogP contribution in [0.15, 0.2) is 34.9 Å². The van der Waals surface area contributed by atoms with Crippen molar-refractivity contribution >= 4 is 5.91 Å². The summed E-state index contributed by atoms with van der Waals surface area (Å²) in [7, 11) is 0. The average molecular weight is 302 g/mol. The minimum Gasteiger partial charge on any atom is -0.385 e. The molecule has 0 bridgehead atoms. The summed E-state index contributed by atoms with van der Waals surface area (Å²) in [5, 5.41) is 17.3. The maximum atomic E-state index is 12.2. The number of aliphatic hydroxyl groups is 1. The molecule has 5 heteroatoms. The molecule has 0 radical (unpaired) electrons. The number of hydrogen-bond acceptors (Lipinski definition) is 4. The number of carbonyl (C=O) groups excluding carboxylic acids is 1. The highest BCUT2D eigenvalue weighted by Gasteiger charge is 2.28. The molecule has 0 spiro atoms. The smallest absolute Gasteiger partial charge is 0.223 e. The van der Waals surface area contributed by atoms with E-state index in [0.717, 1.165) is 16.8 Å². The van der Waals surface area contributed by atoms with Gasteiger partial charge in [-0.15, -0.1) is 0 Å². The van der Waals surface area contributed by atoms with E-state index in [1.807, 2.05) is 51.1 Å². The van der Waals surface area contributed by atoms with Gasteiger partial charge in [-0.3, -0.25) is 4.79 Å². The van der Waals surface area contributed by atoms with Crippen molar-refractivity contribution < 1.29 is 14.4 Å². The zero-order valence-electron chi connectivity index (χ0n) is 13.4. The molecular formula is C17H22N2O3. The molecule has 2 N–H and O–H groups in total. The Hall–Kier alpha value is -2.14. The molecule has 1 aromatic heterocycles. The fourth-order valence-electron chi connectivity index (χ4n) is 2.68. The van der Waals surface area contributed by atoms with Crippen LogP contribution in [0.3, 0.4) is 0 Å². The summed E-state index contributed by atoms with van der Waals surface area (Å²) >= 11 is 0. The van der Waals surface area contributed by atoms with Crippen LogP contribution in [0.1, 0.15) is 48.9 Å². The Bertz CT molecular complexity index is 628. The van der Waals surface area contributed by atoms with Crippen molar-refractivity contribution in [3.63, 3.8) is 0 Å². The first kappa shape index (κ1) is 16.2. The third-order valence-electron chi connectivity index (χ3n) is 3.80. The molecule has 2 rings (SSSR count). The lowest BCUT2D eigenvalue weighted by Gasteiger charge is -2.24. The summed E-state index contributed by atoms with van der Waals surface area (Å²) < 4.78 is 5.12. The summed E-state index contributed by atoms with van der Waals surface area (Å²) in [6, 6.07) is 8.96. The first-order chi connectivity index (χ1) is 10.3. The van der Waals surface area contributed by atoms with Crippen molar-refractivity contribution in [1.82, 2.24) is 10.5 Å². The van der Waals surface area contributed by atoms with E-state index in [1.54, 1.807) is 6.92 Å². The third-order valence-corrected chi connectivity index (χ3v) is 3.80. The number of benzene rings is 1. The highest BCUT2D eigenvalue weighted by molar-refractivity contribution is 5.77. The largest absolute Gasteiger partial charge is 0.385 e. The van der Waals surface area contributed by atoms with Crippen LogP contribution in [0.4, 0.5) is 0 Å². The molecule has 0 saturated carbocycles. The maximum absolute atomic E-state index is 12.2. The van der Waals surface area contributed by atoms with E-state index in [0.29, 0.717) is 5.76 Å². The Labute approximate surface area is 130 Å². The van der Waals surface area contributed by atoms with Crippen LogP contribution < -0.4 is 5.32 Å². The molecule has 2 unspecified atom stereocenters. The molecule has 0 fully saturated rings. The first-order valence-corrected chi connectivity index (χ1v) is 7.31. The molecule has 0 aliphatic rings. The summed E-state index contributed by atoms with van der Waals surface area (Å²) in [5.74, 6) is 0.474. The normalized spacial score (nSPS) is 15.1. The van der Waals surface area contributed by atoms with Gasteiger partial charge in [0.15, 0.2) is 0 Å². The number of nitrogens with zero attached hydrogens (tertiary/aromatic N) is 1. The van der Waals surface area contributed by atoms with Crippen LogP contribution in [0.2, 0.25) is 0 Å². The van der Waals surface area contributed by atoms with Crippen molar-refractivity contribution in [3.05, 3.63) is 52.9 Å². The van der Waals surface area contributed by atoms with Gasteiger partial charge in [0, 0.05) is 5.56 Å². The fourth-order valence-corrected chi connectivity index (χ4v) is 2.68. The Morgan fingerprint density at radius 1 is 1.36 bits per heavy atom. The highest BCUT2D eigenvalue weighted by Crippen LogP contribution is 2.25. The van der Waals surface area contributed by atoms with Gasteiger partial charge in [-0.05, 0) is 33.3 Å². The second-order valence-electron chi connectivity index (χ2n) is 5.84. The SMILES string of the molecule is Cc1noc(C)c1C(C)NC(=O)CC(C)(O)c1ccccc1. The summed E-state index contributed by atoms with van der Waals surface area (Å²) in [6.45, 7) is 7.18. The maximum Gasteiger partial charge on any atom is 0.223 e. The predicted molar refractivity (Wildman–Crippen MR) is 83.2 cm³/mol. The molecule has 2 atom stereocenters. The van der Waals surface area contributed by atoms with E-state index in [4.69, 9.17) is 4.52 Å². The van der Waals surface area contributed by atoms with E-state index < -0.39 is 5.60 Å². The Balaban J connectivity index is 2.04. The molecule has 22 heavy (non-hydrogen) atoms. The number of hydrogen-bond donors (Lipinski definition) is 2. The summed E-state index contributed by atoms with van der Waals surface area (Å²) in [5.41, 5.74) is 1.16. The van der Waals surface area contributed by atoms with Crippen LogP contribution >= 0.6 is 0 Å². The summed E-state index contributed by atoms with van der Waals surface area (Å²) in [6.07, 6.45) is -0.00920. The topological polar surface area (TPSA) is 75.4 Å². The van der Waals surface area contributed by atoms with Crippen LogP contribution in [0.5, 0.6) is 0 Å². The van der Waals surface area contributed by atoms with Gasteiger partial charge in [-0.2, -0.15) is 0 Å². The average Bonchev–Trinajstić information content (AvgIpc) is 2.78. The van der Waals surface area contributed by atoms with Crippen molar-refractivity contribution in [2.45, 2.75) is 45.8 Å². The second-order valence-corrected chi connectivity index (χ2v) is 5.84. The van der Waals surface area contributed by atoms with Gasteiger partial charge >= 0.3 is 0 Å². The predicted octanol–water partition coefficient (Wildman–Crippen LogP) is 2.77. The van der Waals surface area contributed by atoms with E-state index in [9.17, 15) is 9.90 Å². The van der Waals surface area contributed by atoms with Gasteiger partial charge in [-0.1, -0.05) is 35.5 Å². The van der Waals surface area contributed by atoms with E-state index >= 15 is 0 Å². The standard InChI is InChI=1S/C17H22N2O3/c1-11(16-12(2)19-22-13(16)3)18-15(20)10-17(4,21)14-8-6-5-7-9-14/h5-9,11,21H,10H2,1-4H3,(H,18,20). The zero-order valence-corrected chi connectivity index (χ0v) is 13.4. The molecule has 0 aliphatic carbocycles. The first-order valence-electron chi connectivity index (χ1n) is 7.31. The lowest BCUT2D eigenvalue weighted by molar-refractivity contribution is -0.126. The van der Waals surface area contributed by atoms with Gasteiger partial charge in [0.1, 0.15) is 5.76 Å². The minimum atomic E-state index is -1.20. The number of nitrogens with one attached hydrogen (secondary N) is 1. The van der Waals surface area contributed by atoms with Gasteiger partial charge < -0.3 is 14.9 Å². The number of aromatic nitrogens is 1. The number of rotatable bonds is 5. The quantitative estimate of drug-likeness (QED) is 0.890. The van der Waals surface area contributed by atoms with Gasteiger partial charge in [0.25, 0.3) is 0 Å². The van der Waals surface area contributed by atoms with E-state index in [2.05, 4.69) is 10.5 Å². The van der Waals surface area contributed by atoms with Crippen molar-refractivity contribution in [1.29, 1.82) is 0 Å². The minimum absolute atomic E-state index is 0.00920. The van der Waals surface area contributed by atoms with E-state index in [-0.39, 0.29) is 18.4 Å². The molecule has 1 heterocycles. The van der Waals surface area contributed by atoms with Gasteiger partial charge in [-0.25, -0.2) is 0 Å². The zero-order chi connectivity index (χ0) is 16.3. The van der Waals surface area contributed by atoms with Crippen molar-refractivity contribution in [2.75, 3.05) is 0 Å². The Morgan fingerprint density at radius 2 is 2.00 bits per heavy atom. The van der Waals surface area contributed by atoms with Crippen molar-refractivity contribution in [3.8, 4) is 0 Å². The molecule has 5 nitrogen and oxygen atoms in total. The number of amides is 1. The number of aryl methyl sites for hydroxylation is 2. The molecule has 2 aromatic rings. The lowest BCUT2D eigenvalue weighted by Crippen LogP contribution is -2.34. The van der Waals surface area contributed by atoms with E-state index in [1.165, 1.54) is 0 Å². The second kappa shape index (κ2) is 6.32. The summed E-state index contributed by atoms with van der Waals surface area (Å²) in [4.78, 5) is 12.2. The Morgan fingerprint density at radius 3 is 2.55 bits per heavy atom.